The number of nitrogens with zero attached hydrogens (tertiary/aromatic N) is 2. The topological polar surface area (TPSA) is 141 Å². The molecule has 0 spiro atoms. The SMILES string of the molecule is COc1ccc(CN(CC(=O)NCc2ccc(F)cc2)C(=O)c2snc(C(N)=O)c2N)cc1. The van der Waals surface area contributed by atoms with Gasteiger partial charge in [-0.1, -0.05) is 24.3 Å². The molecule has 1 heterocycles. The average molecular weight is 472 g/mol. The second-order valence-electron chi connectivity index (χ2n) is 7.05. The third kappa shape index (κ3) is 6.04. The van der Waals surface area contributed by atoms with Crippen LogP contribution in [0.2, 0.25) is 0 Å². The average Bonchev–Trinajstić information content (AvgIpc) is 3.19. The molecular weight excluding hydrogens is 449 g/mol. The molecule has 0 bridgehead atoms. The summed E-state index contributed by atoms with van der Waals surface area (Å²) in [4.78, 5) is 38.6. The number of hydrogen-bond donors (Lipinski definition) is 3. The van der Waals surface area contributed by atoms with E-state index in [2.05, 4.69) is 9.69 Å². The van der Waals surface area contributed by atoms with Gasteiger partial charge >= 0.3 is 0 Å². The number of primary amides is 1. The fourth-order valence-electron chi connectivity index (χ4n) is 2.96. The van der Waals surface area contributed by atoms with Crippen LogP contribution in [0.3, 0.4) is 0 Å². The predicted octanol–water partition coefficient (Wildman–Crippen LogP) is 1.93. The Morgan fingerprint density at radius 1 is 1.09 bits per heavy atom. The van der Waals surface area contributed by atoms with Gasteiger partial charge in [0.1, 0.15) is 23.0 Å². The molecule has 0 atom stereocenters. The Balaban J connectivity index is 1.77. The minimum Gasteiger partial charge on any atom is -0.497 e. The van der Waals surface area contributed by atoms with E-state index in [0.29, 0.717) is 11.3 Å². The molecule has 3 amide bonds. The van der Waals surface area contributed by atoms with Gasteiger partial charge in [-0.3, -0.25) is 14.4 Å². The van der Waals surface area contributed by atoms with Gasteiger partial charge in [0.15, 0.2) is 5.69 Å². The first kappa shape index (κ1) is 23.7. The van der Waals surface area contributed by atoms with E-state index in [-0.39, 0.29) is 41.7 Å². The van der Waals surface area contributed by atoms with E-state index in [1.54, 1.807) is 43.5 Å². The maximum atomic E-state index is 13.2. The number of nitrogens with two attached hydrogens (primary N) is 2. The van der Waals surface area contributed by atoms with Crippen molar-refractivity contribution in [3.8, 4) is 5.75 Å². The van der Waals surface area contributed by atoms with Crippen molar-refractivity contribution in [2.75, 3.05) is 19.4 Å². The Kier molecular flexibility index (Phi) is 7.57. The lowest BCUT2D eigenvalue weighted by atomic mass is 10.2. The summed E-state index contributed by atoms with van der Waals surface area (Å²) < 4.78 is 22.1. The fraction of sp³-hybridized carbons (Fsp3) is 0.182. The Bertz CT molecular complexity index is 1150. The highest BCUT2D eigenvalue weighted by Gasteiger charge is 2.26. The molecule has 0 fully saturated rings. The number of anilines is 1. The Morgan fingerprint density at radius 3 is 2.30 bits per heavy atom. The number of amides is 3. The maximum Gasteiger partial charge on any atom is 0.270 e. The van der Waals surface area contributed by atoms with Crippen LogP contribution < -0.4 is 21.5 Å². The van der Waals surface area contributed by atoms with Crippen molar-refractivity contribution in [2.45, 2.75) is 13.1 Å². The van der Waals surface area contributed by atoms with Crippen LogP contribution >= 0.6 is 11.5 Å². The largest absolute Gasteiger partial charge is 0.497 e. The van der Waals surface area contributed by atoms with E-state index in [1.165, 1.54) is 17.0 Å². The number of nitrogen functional groups attached to an aromatic ring is 1. The zero-order chi connectivity index (χ0) is 24.0. The second-order valence-corrected chi connectivity index (χ2v) is 7.82. The van der Waals surface area contributed by atoms with Crippen molar-refractivity contribution in [2.24, 2.45) is 5.73 Å². The standard InChI is InChI=1S/C22H22FN5O4S/c1-32-16-8-4-14(5-9-16)11-28(22(31)20-18(24)19(21(25)30)27-33-20)12-17(29)26-10-13-2-6-15(23)7-3-13/h2-9H,10-12,24H2,1H3,(H2,25,30)(H,26,29). The highest BCUT2D eigenvalue weighted by atomic mass is 32.1. The zero-order valence-electron chi connectivity index (χ0n) is 17.7. The lowest BCUT2D eigenvalue weighted by molar-refractivity contribution is -0.122. The lowest BCUT2D eigenvalue weighted by Gasteiger charge is -2.22. The Hall–Kier alpha value is -3.99. The van der Waals surface area contributed by atoms with Crippen molar-refractivity contribution < 1.29 is 23.5 Å². The molecule has 9 nitrogen and oxygen atoms in total. The molecule has 33 heavy (non-hydrogen) atoms. The molecule has 0 aliphatic heterocycles. The highest BCUT2D eigenvalue weighted by molar-refractivity contribution is 7.09. The van der Waals surface area contributed by atoms with E-state index in [1.807, 2.05) is 0 Å². The first-order chi connectivity index (χ1) is 15.8. The smallest absolute Gasteiger partial charge is 0.270 e. The zero-order valence-corrected chi connectivity index (χ0v) is 18.5. The molecule has 5 N–H and O–H groups in total. The van der Waals surface area contributed by atoms with Gasteiger partial charge in [0.25, 0.3) is 11.8 Å². The third-order valence-corrected chi connectivity index (χ3v) is 5.56. The van der Waals surface area contributed by atoms with Gasteiger partial charge in [-0.25, -0.2) is 4.39 Å². The normalized spacial score (nSPS) is 10.5. The Morgan fingerprint density at radius 2 is 1.73 bits per heavy atom. The number of methoxy groups -OCH3 is 1. The number of benzene rings is 2. The van der Waals surface area contributed by atoms with Crippen LogP contribution in [-0.4, -0.2) is 40.6 Å². The van der Waals surface area contributed by atoms with Crippen LogP contribution in [0.1, 0.15) is 31.3 Å². The van der Waals surface area contributed by atoms with Crippen LogP contribution in [0.25, 0.3) is 0 Å². The number of aromatic nitrogens is 1. The van der Waals surface area contributed by atoms with Gasteiger partial charge in [0.05, 0.1) is 12.8 Å². The van der Waals surface area contributed by atoms with Gasteiger partial charge in [-0.15, -0.1) is 0 Å². The van der Waals surface area contributed by atoms with E-state index >= 15 is 0 Å². The van der Waals surface area contributed by atoms with Gasteiger partial charge < -0.3 is 26.4 Å². The summed E-state index contributed by atoms with van der Waals surface area (Å²) in [7, 11) is 1.54. The molecule has 0 radical (unpaired) electrons. The molecule has 11 heteroatoms. The number of hydrogen-bond acceptors (Lipinski definition) is 7. The van der Waals surface area contributed by atoms with Crippen molar-refractivity contribution >= 4 is 34.9 Å². The summed E-state index contributed by atoms with van der Waals surface area (Å²) in [5, 5.41) is 2.70. The fourth-order valence-corrected chi connectivity index (χ4v) is 3.73. The van der Waals surface area contributed by atoms with Crippen molar-refractivity contribution in [3.05, 3.63) is 76.0 Å². The van der Waals surface area contributed by atoms with Crippen molar-refractivity contribution in [1.29, 1.82) is 0 Å². The number of halogens is 1. The summed E-state index contributed by atoms with van der Waals surface area (Å²) in [6, 6.07) is 12.7. The summed E-state index contributed by atoms with van der Waals surface area (Å²) >= 11 is 0.742. The first-order valence-electron chi connectivity index (χ1n) is 9.76. The van der Waals surface area contributed by atoms with Crippen LogP contribution in [-0.2, 0) is 17.9 Å². The summed E-state index contributed by atoms with van der Waals surface area (Å²) in [5.41, 5.74) is 12.3. The molecular formula is C22H22FN5O4S. The second kappa shape index (κ2) is 10.6. The molecule has 3 rings (SSSR count). The molecule has 172 valence electrons. The minimum absolute atomic E-state index is 0.0173. The van der Waals surface area contributed by atoms with E-state index in [0.717, 1.165) is 17.1 Å². The van der Waals surface area contributed by atoms with Crippen molar-refractivity contribution in [3.63, 3.8) is 0 Å². The van der Waals surface area contributed by atoms with Crippen LogP contribution in [0.5, 0.6) is 5.75 Å². The van der Waals surface area contributed by atoms with E-state index < -0.39 is 17.7 Å². The minimum atomic E-state index is -0.846. The molecule has 0 saturated carbocycles. The van der Waals surface area contributed by atoms with Crippen LogP contribution in [0.15, 0.2) is 48.5 Å². The number of rotatable bonds is 9. The highest BCUT2D eigenvalue weighted by Crippen LogP contribution is 2.24. The van der Waals surface area contributed by atoms with Gasteiger partial charge in [-0.2, -0.15) is 4.37 Å². The van der Waals surface area contributed by atoms with Crippen LogP contribution in [0, 0.1) is 5.82 Å². The molecule has 0 aliphatic carbocycles. The summed E-state index contributed by atoms with van der Waals surface area (Å²) in [6.45, 7) is -0.0243. The lowest BCUT2D eigenvalue weighted by Crippen LogP contribution is -2.40. The maximum absolute atomic E-state index is 13.2. The number of ether oxygens (including phenoxy) is 1. The number of nitrogens with one attached hydrogen (secondary N) is 1. The van der Waals surface area contributed by atoms with E-state index in [9.17, 15) is 18.8 Å². The summed E-state index contributed by atoms with van der Waals surface area (Å²) in [5.74, 6) is -1.57. The third-order valence-electron chi connectivity index (χ3n) is 4.71. The molecule has 2 aromatic carbocycles. The summed E-state index contributed by atoms with van der Waals surface area (Å²) in [6.07, 6.45) is 0. The first-order valence-corrected chi connectivity index (χ1v) is 10.5. The predicted molar refractivity (Wildman–Crippen MR) is 121 cm³/mol. The quantitative estimate of drug-likeness (QED) is 0.436. The molecule has 0 saturated heterocycles. The molecule has 1 aromatic heterocycles. The molecule has 0 unspecified atom stereocenters. The monoisotopic (exact) mass is 471 g/mol. The van der Waals surface area contributed by atoms with Gasteiger partial charge in [-0.05, 0) is 46.9 Å². The van der Waals surface area contributed by atoms with Gasteiger partial charge in [0.2, 0.25) is 5.91 Å². The number of carbonyl (C=O) groups is 3. The molecule has 3 aromatic rings. The Labute approximate surface area is 193 Å². The van der Waals surface area contributed by atoms with Crippen LogP contribution in [0.4, 0.5) is 10.1 Å². The van der Waals surface area contributed by atoms with Gasteiger partial charge in [0, 0.05) is 13.1 Å². The molecule has 0 aliphatic rings. The number of carbonyl (C=O) groups excluding carboxylic acids is 3. The van der Waals surface area contributed by atoms with E-state index in [4.69, 9.17) is 16.2 Å². The van der Waals surface area contributed by atoms with Crippen molar-refractivity contribution in [1.82, 2.24) is 14.6 Å².